The lowest BCUT2D eigenvalue weighted by atomic mass is 10.1. The second-order valence-corrected chi connectivity index (χ2v) is 7.14. The van der Waals surface area contributed by atoms with Gasteiger partial charge in [-0.15, -0.1) is 0 Å². The summed E-state index contributed by atoms with van der Waals surface area (Å²) in [4.78, 5) is 37.6. The third-order valence-corrected chi connectivity index (χ3v) is 4.83. The average molecular weight is 459 g/mol. The molecule has 0 unspecified atom stereocenters. The van der Waals surface area contributed by atoms with Crippen LogP contribution in [0.1, 0.15) is 12.0 Å². The first-order valence-corrected chi connectivity index (χ1v) is 9.31. The molecule has 0 saturated carbocycles. The summed E-state index contributed by atoms with van der Waals surface area (Å²) < 4.78 is 56.6. The molecular weight excluding hydrogens is 444 g/mol. The SMILES string of the molecule is O=C(COC(=O)[C@H]1CC(=O)N(c2ccc(F)cc2)C1)Nc1ccc(Cl)c(C(F)(F)F)c1. The van der Waals surface area contributed by atoms with E-state index in [4.69, 9.17) is 16.3 Å². The van der Waals surface area contributed by atoms with E-state index in [1.165, 1.54) is 35.2 Å². The van der Waals surface area contributed by atoms with Crippen molar-refractivity contribution >= 4 is 40.8 Å². The molecule has 1 N–H and O–H groups in total. The first-order chi connectivity index (χ1) is 14.5. The van der Waals surface area contributed by atoms with Gasteiger partial charge in [0.25, 0.3) is 5.91 Å². The van der Waals surface area contributed by atoms with Gasteiger partial charge in [-0.3, -0.25) is 14.4 Å². The maximum atomic E-state index is 13.0. The molecule has 1 heterocycles. The molecular formula is C20H15ClF4N2O4. The molecule has 11 heteroatoms. The van der Waals surface area contributed by atoms with Crippen LogP contribution in [0.3, 0.4) is 0 Å². The Bertz CT molecular complexity index is 1010. The number of carbonyl (C=O) groups excluding carboxylic acids is 3. The van der Waals surface area contributed by atoms with Gasteiger partial charge in [-0.05, 0) is 42.5 Å². The van der Waals surface area contributed by atoms with Gasteiger partial charge in [-0.25, -0.2) is 4.39 Å². The van der Waals surface area contributed by atoms with E-state index in [0.29, 0.717) is 11.8 Å². The summed E-state index contributed by atoms with van der Waals surface area (Å²) in [5, 5.41) is 1.67. The number of amides is 2. The normalized spacial score (nSPS) is 16.4. The summed E-state index contributed by atoms with van der Waals surface area (Å²) >= 11 is 5.52. The minimum Gasteiger partial charge on any atom is -0.455 e. The number of hydrogen-bond donors (Lipinski definition) is 1. The van der Waals surface area contributed by atoms with Crippen molar-refractivity contribution in [3.05, 3.63) is 58.9 Å². The van der Waals surface area contributed by atoms with E-state index in [1.807, 2.05) is 0 Å². The van der Waals surface area contributed by atoms with Gasteiger partial charge in [-0.1, -0.05) is 11.6 Å². The molecule has 0 aromatic heterocycles. The van der Waals surface area contributed by atoms with E-state index in [9.17, 15) is 31.9 Å². The number of alkyl halides is 3. The molecule has 31 heavy (non-hydrogen) atoms. The van der Waals surface area contributed by atoms with Crippen LogP contribution in [0.4, 0.5) is 28.9 Å². The van der Waals surface area contributed by atoms with Gasteiger partial charge in [0.1, 0.15) is 5.82 Å². The van der Waals surface area contributed by atoms with Crippen molar-refractivity contribution in [2.75, 3.05) is 23.4 Å². The van der Waals surface area contributed by atoms with Crippen LogP contribution >= 0.6 is 11.6 Å². The molecule has 1 fully saturated rings. The van der Waals surface area contributed by atoms with Crippen LogP contribution < -0.4 is 10.2 Å². The smallest absolute Gasteiger partial charge is 0.417 e. The quantitative estimate of drug-likeness (QED) is 0.542. The molecule has 2 aromatic carbocycles. The average Bonchev–Trinajstić information content (AvgIpc) is 3.09. The second-order valence-electron chi connectivity index (χ2n) is 6.73. The number of carbonyl (C=O) groups is 3. The third kappa shape index (κ3) is 5.52. The van der Waals surface area contributed by atoms with E-state index in [2.05, 4.69) is 5.32 Å². The highest BCUT2D eigenvalue weighted by molar-refractivity contribution is 6.31. The number of nitrogens with one attached hydrogen (secondary N) is 1. The predicted molar refractivity (Wildman–Crippen MR) is 103 cm³/mol. The van der Waals surface area contributed by atoms with E-state index in [-0.39, 0.29) is 24.6 Å². The molecule has 1 aliphatic rings. The first kappa shape index (κ1) is 22.5. The standard InChI is InChI=1S/C20H15ClF4N2O4/c21-16-6-3-13(8-15(16)20(23,24)25)26-17(28)10-31-19(30)11-7-18(29)27(9-11)14-4-1-12(22)2-5-14/h1-6,8,11H,7,9-10H2,(H,26,28)/t11-/m0/s1. The molecule has 2 amide bonds. The Morgan fingerprint density at radius 1 is 1.16 bits per heavy atom. The van der Waals surface area contributed by atoms with Crippen molar-refractivity contribution in [2.45, 2.75) is 12.6 Å². The van der Waals surface area contributed by atoms with E-state index >= 15 is 0 Å². The highest BCUT2D eigenvalue weighted by atomic mass is 35.5. The Morgan fingerprint density at radius 3 is 2.48 bits per heavy atom. The van der Waals surface area contributed by atoms with Crippen molar-refractivity contribution in [3.8, 4) is 0 Å². The van der Waals surface area contributed by atoms with E-state index in [1.54, 1.807) is 0 Å². The number of esters is 1. The fraction of sp³-hybridized carbons (Fsp3) is 0.250. The van der Waals surface area contributed by atoms with Gasteiger partial charge >= 0.3 is 12.1 Å². The summed E-state index contributed by atoms with van der Waals surface area (Å²) in [6.45, 7) is -0.749. The van der Waals surface area contributed by atoms with Crippen LogP contribution in [0.2, 0.25) is 5.02 Å². The topological polar surface area (TPSA) is 75.7 Å². The van der Waals surface area contributed by atoms with Gasteiger partial charge < -0.3 is 15.0 Å². The van der Waals surface area contributed by atoms with Crippen LogP contribution in [0.5, 0.6) is 0 Å². The maximum Gasteiger partial charge on any atom is 0.417 e. The molecule has 6 nitrogen and oxygen atoms in total. The van der Waals surface area contributed by atoms with Crippen LogP contribution in [0.15, 0.2) is 42.5 Å². The Balaban J connectivity index is 1.54. The number of nitrogens with zero attached hydrogens (tertiary/aromatic N) is 1. The van der Waals surface area contributed by atoms with Crippen molar-refractivity contribution < 1.29 is 36.7 Å². The minimum atomic E-state index is -4.70. The number of hydrogen-bond acceptors (Lipinski definition) is 4. The molecule has 0 aliphatic carbocycles. The molecule has 2 aromatic rings. The van der Waals surface area contributed by atoms with Gasteiger partial charge in [0.2, 0.25) is 5.91 Å². The highest BCUT2D eigenvalue weighted by Crippen LogP contribution is 2.36. The largest absolute Gasteiger partial charge is 0.455 e. The van der Waals surface area contributed by atoms with Crippen LogP contribution in [-0.4, -0.2) is 30.9 Å². The van der Waals surface area contributed by atoms with Crippen LogP contribution in [-0.2, 0) is 25.3 Å². The Labute approximate surface area is 178 Å². The molecule has 0 spiro atoms. The zero-order chi connectivity index (χ0) is 22.8. The van der Waals surface area contributed by atoms with Crippen molar-refractivity contribution in [2.24, 2.45) is 5.92 Å². The highest BCUT2D eigenvalue weighted by Gasteiger charge is 2.36. The first-order valence-electron chi connectivity index (χ1n) is 8.94. The molecule has 1 saturated heterocycles. The van der Waals surface area contributed by atoms with Crippen molar-refractivity contribution in [1.29, 1.82) is 0 Å². The molecule has 1 atom stereocenters. The molecule has 0 bridgehead atoms. The fourth-order valence-corrected chi connectivity index (χ4v) is 3.23. The van der Waals surface area contributed by atoms with Crippen LogP contribution in [0, 0.1) is 11.7 Å². The number of benzene rings is 2. The molecule has 0 radical (unpaired) electrons. The minimum absolute atomic E-state index is 0.00293. The summed E-state index contributed by atoms with van der Waals surface area (Å²) in [5.74, 6) is -3.33. The summed E-state index contributed by atoms with van der Waals surface area (Å²) in [7, 11) is 0. The Hall–Kier alpha value is -3.14. The van der Waals surface area contributed by atoms with Gasteiger partial charge in [0.15, 0.2) is 6.61 Å². The summed E-state index contributed by atoms with van der Waals surface area (Å²) in [6.07, 6.45) is -4.85. The lowest BCUT2D eigenvalue weighted by Gasteiger charge is -2.16. The zero-order valence-corrected chi connectivity index (χ0v) is 16.5. The predicted octanol–water partition coefficient (Wildman–Crippen LogP) is 4.03. The lowest BCUT2D eigenvalue weighted by Crippen LogP contribution is -2.28. The van der Waals surface area contributed by atoms with Gasteiger partial charge in [0.05, 0.1) is 16.5 Å². The lowest BCUT2D eigenvalue weighted by molar-refractivity contribution is -0.151. The maximum absolute atomic E-state index is 13.0. The Morgan fingerprint density at radius 2 is 1.84 bits per heavy atom. The van der Waals surface area contributed by atoms with Crippen LogP contribution in [0.25, 0.3) is 0 Å². The number of rotatable bonds is 5. The number of anilines is 2. The number of halogens is 5. The van der Waals surface area contributed by atoms with E-state index < -0.39 is 47.0 Å². The zero-order valence-electron chi connectivity index (χ0n) is 15.7. The third-order valence-electron chi connectivity index (χ3n) is 4.50. The Kier molecular flexibility index (Phi) is 6.49. The molecule has 3 rings (SSSR count). The molecule has 1 aliphatic heterocycles. The monoisotopic (exact) mass is 458 g/mol. The van der Waals surface area contributed by atoms with Gasteiger partial charge in [-0.2, -0.15) is 13.2 Å². The van der Waals surface area contributed by atoms with Crippen molar-refractivity contribution in [3.63, 3.8) is 0 Å². The fourth-order valence-electron chi connectivity index (χ4n) is 3.01. The summed E-state index contributed by atoms with van der Waals surface area (Å²) in [6, 6.07) is 7.98. The number of ether oxygens (including phenoxy) is 1. The summed E-state index contributed by atoms with van der Waals surface area (Å²) in [5.41, 5.74) is -0.867. The van der Waals surface area contributed by atoms with Gasteiger partial charge in [0, 0.05) is 24.3 Å². The second kappa shape index (κ2) is 8.93. The molecule has 164 valence electrons. The van der Waals surface area contributed by atoms with Crippen molar-refractivity contribution in [1.82, 2.24) is 0 Å². The van der Waals surface area contributed by atoms with E-state index in [0.717, 1.165) is 6.07 Å².